The van der Waals surface area contributed by atoms with Gasteiger partial charge in [-0.1, -0.05) is 36.1 Å². The average molecular weight is 267 g/mol. The zero-order chi connectivity index (χ0) is 14.4. The highest BCUT2D eigenvalue weighted by atomic mass is 16.6. The third kappa shape index (κ3) is 3.30. The molecule has 0 N–H and O–H groups in total. The minimum Gasteiger partial charge on any atom is -0.449 e. The molecule has 1 aliphatic heterocycles. The van der Waals surface area contributed by atoms with Gasteiger partial charge in [-0.25, -0.2) is 4.79 Å². The quantitative estimate of drug-likeness (QED) is 0.730. The van der Waals surface area contributed by atoms with E-state index in [0.29, 0.717) is 6.61 Å². The number of carbonyl (C=O) groups excluding carboxylic acids is 1. The molecule has 0 fully saturated rings. The fourth-order valence-corrected chi connectivity index (χ4v) is 1.90. The van der Waals surface area contributed by atoms with E-state index in [9.17, 15) is 4.79 Å². The van der Waals surface area contributed by atoms with Crippen molar-refractivity contribution >= 4 is 6.09 Å². The fourth-order valence-electron chi connectivity index (χ4n) is 1.90. The first-order chi connectivity index (χ1) is 9.72. The standard InChI is InChI=1S/C17H17NO2/c1-3-20-17(19)18-13-7-8-14(2)16(18)12-11-15-9-5-4-6-10-15/h4-10,13,16H,3H2,1-2H3. The van der Waals surface area contributed by atoms with Crippen LogP contribution in [-0.4, -0.2) is 23.6 Å². The Bertz CT molecular complexity index is 590. The number of hydrogen-bond acceptors (Lipinski definition) is 2. The molecule has 1 aliphatic rings. The Labute approximate surface area is 119 Å². The summed E-state index contributed by atoms with van der Waals surface area (Å²) < 4.78 is 5.05. The lowest BCUT2D eigenvalue weighted by Gasteiger charge is -2.27. The predicted octanol–water partition coefficient (Wildman–Crippen LogP) is 3.34. The maximum absolute atomic E-state index is 11.9. The van der Waals surface area contributed by atoms with Gasteiger partial charge in [0.1, 0.15) is 6.04 Å². The topological polar surface area (TPSA) is 29.5 Å². The van der Waals surface area contributed by atoms with E-state index in [1.54, 1.807) is 13.1 Å². The summed E-state index contributed by atoms with van der Waals surface area (Å²) in [6.07, 6.45) is 5.12. The van der Waals surface area contributed by atoms with Crippen LogP contribution in [0.1, 0.15) is 19.4 Å². The molecule has 20 heavy (non-hydrogen) atoms. The Kier molecular flexibility index (Phi) is 4.62. The number of carbonyl (C=O) groups is 1. The van der Waals surface area contributed by atoms with E-state index in [1.165, 1.54) is 4.90 Å². The largest absolute Gasteiger partial charge is 0.449 e. The van der Waals surface area contributed by atoms with Crippen LogP contribution in [0.3, 0.4) is 0 Å². The van der Waals surface area contributed by atoms with Crippen molar-refractivity contribution in [2.24, 2.45) is 0 Å². The summed E-state index contributed by atoms with van der Waals surface area (Å²) in [6.45, 7) is 4.10. The summed E-state index contributed by atoms with van der Waals surface area (Å²) in [5, 5.41) is 0. The second-order valence-electron chi connectivity index (χ2n) is 4.40. The monoisotopic (exact) mass is 267 g/mol. The smallest absolute Gasteiger partial charge is 0.415 e. The lowest BCUT2D eigenvalue weighted by Crippen LogP contribution is -2.37. The third-order valence-electron chi connectivity index (χ3n) is 2.92. The number of ether oxygens (including phenoxy) is 1. The van der Waals surface area contributed by atoms with Crippen LogP contribution in [0, 0.1) is 11.8 Å². The number of hydrogen-bond donors (Lipinski definition) is 0. The predicted molar refractivity (Wildman–Crippen MR) is 78.9 cm³/mol. The average Bonchev–Trinajstić information content (AvgIpc) is 2.47. The van der Waals surface area contributed by atoms with Gasteiger partial charge < -0.3 is 4.74 Å². The SMILES string of the molecule is CCOC(=O)N1C=CC=C(C)C1C#Cc1ccccc1. The van der Waals surface area contributed by atoms with E-state index in [0.717, 1.165) is 11.1 Å². The molecule has 0 aliphatic carbocycles. The molecule has 2 rings (SSSR count). The van der Waals surface area contributed by atoms with Gasteiger partial charge >= 0.3 is 6.09 Å². The van der Waals surface area contributed by atoms with Crippen molar-refractivity contribution in [3.8, 4) is 11.8 Å². The molecule has 1 heterocycles. The first-order valence-corrected chi connectivity index (χ1v) is 6.59. The molecule has 0 bridgehead atoms. The number of allylic oxidation sites excluding steroid dienone is 2. The lowest BCUT2D eigenvalue weighted by atomic mass is 10.0. The van der Waals surface area contributed by atoms with Crippen LogP contribution >= 0.6 is 0 Å². The van der Waals surface area contributed by atoms with Gasteiger partial charge in [0.2, 0.25) is 0 Å². The van der Waals surface area contributed by atoms with Gasteiger partial charge in [-0.3, -0.25) is 4.90 Å². The van der Waals surface area contributed by atoms with Crippen LogP contribution in [0.2, 0.25) is 0 Å². The molecular formula is C17H17NO2. The van der Waals surface area contributed by atoms with Crippen LogP contribution in [0.25, 0.3) is 0 Å². The van der Waals surface area contributed by atoms with Gasteiger partial charge in [0.25, 0.3) is 0 Å². The van der Waals surface area contributed by atoms with Gasteiger partial charge in [0, 0.05) is 11.8 Å². The molecule has 102 valence electrons. The molecule has 0 saturated heterocycles. The van der Waals surface area contributed by atoms with Crippen LogP contribution in [-0.2, 0) is 4.74 Å². The second-order valence-corrected chi connectivity index (χ2v) is 4.40. The van der Waals surface area contributed by atoms with Crippen molar-refractivity contribution in [3.63, 3.8) is 0 Å². The molecular weight excluding hydrogens is 250 g/mol. The molecule has 3 heteroatoms. The zero-order valence-electron chi connectivity index (χ0n) is 11.7. The van der Waals surface area contributed by atoms with Crippen molar-refractivity contribution < 1.29 is 9.53 Å². The summed E-state index contributed by atoms with van der Waals surface area (Å²) in [5.41, 5.74) is 1.95. The maximum Gasteiger partial charge on any atom is 0.415 e. The highest BCUT2D eigenvalue weighted by Crippen LogP contribution is 2.17. The van der Waals surface area contributed by atoms with Crippen molar-refractivity contribution in [3.05, 3.63) is 59.8 Å². The molecule has 1 amide bonds. The molecule has 0 aromatic heterocycles. The van der Waals surface area contributed by atoms with Crippen molar-refractivity contribution in [2.75, 3.05) is 6.61 Å². The van der Waals surface area contributed by atoms with E-state index in [2.05, 4.69) is 11.8 Å². The van der Waals surface area contributed by atoms with Crippen molar-refractivity contribution in [1.82, 2.24) is 4.90 Å². The molecule has 1 atom stereocenters. The number of nitrogens with zero attached hydrogens (tertiary/aromatic N) is 1. The van der Waals surface area contributed by atoms with Gasteiger partial charge in [-0.15, -0.1) is 0 Å². The summed E-state index contributed by atoms with van der Waals surface area (Å²) in [7, 11) is 0. The van der Waals surface area contributed by atoms with Crippen LogP contribution in [0.15, 0.2) is 54.3 Å². The maximum atomic E-state index is 11.9. The fraction of sp³-hybridized carbons (Fsp3) is 0.235. The second kappa shape index (κ2) is 6.63. The highest BCUT2D eigenvalue weighted by Gasteiger charge is 2.24. The lowest BCUT2D eigenvalue weighted by molar-refractivity contribution is 0.119. The number of amides is 1. The van der Waals surface area contributed by atoms with Crippen molar-refractivity contribution in [2.45, 2.75) is 19.9 Å². The molecule has 1 aromatic carbocycles. The molecule has 0 radical (unpaired) electrons. The zero-order valence-corrected chi connectivity index (χ0v) is 11.7. The highest BCUT2D eigenvalue weighted by molar-refractivity contribution is 5.71. The Morgan fingerprint density at radius 1 is 1.35 bits per heavy atom. The van der Waals surface area contributed by atoms with Crippen LogP contribution in [0.4, 0.5) is 4.79 Å². The first-order valence-electron chi connectivity index (χ1n) is 6.59. The first kappa shape index (κ1) is 14.0. The Balaban J connectivity index is 2.22. The normalized spacial score (nSPS) is 17.0. The Morgan fingerprint density at radius 2 is 2.10 bits per heavy atom. The van der Waals surface area contributed by atoms with E-state index < -0.39 is 0 Å². The van der Waals surface area contributed by atoms with E-state index in [4.69, 9.17) is 4.74 Å². The summed E-state index contributed by atoms with van der Waals surface area (Å²) >= 11 is 0. The van der Waals surface area contributed by atoms with Crippen LogP contribution < -0.4 is 0 Å². The van der Waals surface area contributed by atoms with Gasteiger partial charge in [-0.05, 0) is 37.6 Å². The molecule has 1 aromatic rings. The summed E-state index contributed by atoms with van der Waals surface area (Å²) in [5.74, 6) is 6.23. The minimum atomic E-state index is -0.372. The molecule has 0 spiro atoms. The Hall–Kier alpha value is -2.47. The Morgan fingerprint density at radius 3 is 2.80 bits per heavy atom. The van der Waals surface area contributed by atoms with E-state index in [-0.39, 0.29) is 12.1 Å². The van der Waals surface area contributed by atoms with Gasteiger partial charge in [0.05, 0.1) is 6.61 Å². The van der Waals surface area contributed by atoms with E-state index in [1.807, 2.05) is 49.4 Å². The summed E-state index contributed by atoms with van der Waals surface area (Å²) in [6, 6.07) is 9.44. The molecule has 0 saturated carbocycles. The molecule has 1 unspecified atom stereocenters. The van der Waals surface area contributed by atoms with Gasteiger partial charge in [0.15, 0.2) is 0 Å². The number of benzene rings is 1. The van der Waals surface area contributed by atoms with Gasteiger partial charge in [-0.2, -0.15) is 0 Å². The third-order valence-corrected chi connectivity index (χ3v) is 2.92. The van der Waals surface area contributed by atoms with Crippen LogP contribution in [0.5, 0.6) is 0 Å². The summed E-state index contributed by atoms with van der Waals surface area (Å²) in [4.78, 5) is 13.4. The number of rotatable bonds is 1. The van der Waals surface area contributed by atoms with E-state index >= 15 is 0 Å². The van der Waals surface area contributed by atoms with Crippen molar-refractivity contribution in [1.29, 1.82) is 0 Å². The minimum absolute atomic E-state index is 0.278. The molecule has 3 nitrogen and oxygen atoms in total.